The molecule has 0 amide bonds. The predicted octanol–water partition coefficient (Wildman–Crippen LogP) is 2.11. The molecule has 2 rings (SSSR count). The first-order valence-corrected chi connectivity index (χ1v) is 6.09. The van der Waals surface area contributed by atoms with Crippen LogP contribution in [0.25, 0.3) is 5.69 Å². The molecule has 2 aromatic rings. The van der Waals surface area contributed by atoms with Crippen LogP contribution in [0.15, 0.2) is 29.1 Å². The van der Waals surface area contributed by atoms with Gasteiger partial charge in [-0.2, -0.15) is 0 Å². The number of pyridine rings is 1. The minimum atomic E-state index is -0.593. The van der Waals surface area contributed by atoms with Crippen LogP contribution in [-0.4, -0.2) is 25.1 Å². The summed E-state index contributed by atoms with van der Waals surface area (Å²) in [5, 5.41) is 17.9. The molecule has 5 nitrogen and oxygen atoms in total. The molecule has 0 aliphatic rings. The van der Waals surface area contributed by atoms with Crippen LogP contribution >= 0.6 is 15.9 Å². The molecule has 0 saturated heterocycles. The molecular formula is C11H13BrN4O. The van der Waals surface area contributed by atoms with E-state index in [9.17, 15) is 5.11 Å². The Kier molecular flexibility index (Phi) is 3.54. The monoisotopic (exact) mass is 296 g/mol. The van der Waals surface area contributed by atoms with Crippen LogP contribution in [0.1, 0.15) is 25.6 Å². The van der Waals surface area contributed by atoms with Crippen LogP contribution in [0.2, 0.25) is 0 Å². The fourth-order valence-corrected chi connectivity index (χ4v) is 1.86. The summed E-state index contributed by atoms with van der Waals surface area (Å²) in [5.41, 5.74) is 1.42. The molecule has 0 bridgehead atoms. The molecule has 2 aromatic heterocycles. The highest BCUT2D eigenvalue weighted by Crippen LogP contribution is 2.22. The molecule has 1 unspecified atom stereocenters. The first-order chi connectivity index (χ1) is 8.09. The van der Waals surface area contributed by atoms with Gasteiger partial charge < -0.3 is 5.11 Å². The lowest BCUT2D eigenvalue weighted by molar-refractivity contribution is 0.122. The maximum Gasteiger partial charge on any atom is 0.112 e. The van der Waals surface area contributed by atoms with E-state index in [0.717, 1.165) is 10.2 Å². The van der Waals surface area contributed by atoms with Crippen LogP contribution in [0.3, 0.4) is 0 Å². The molecule has 0 aliphatic heterocycles. The molecule has 17 heavy (non-hydrogen) atoms. The van der Waals surface area contributed by atoms with Crippen molar-refractivity contribution >= 4 is 15.9 Å². The highest BCUT2D eigenvalue weighted by Gasteiger charge is 2.16. The Labute approximate surface area is 108 Å². The van der Waals surface area contributed by atoms with E-state index in [4.69, 9.17) is 0 Å². The van der Waals surface area contributed by atoms with Crippen LogP contribution in [0, 0.1) is 5.92 Å². The summed E-state index contributed by atoms with van der Waals surface area (Å²) in [7, 11) is 0. The number of aromatic nitrogens is 4. The highest BCUT2D eigenvalue weighted by atomic mass is 79.9. The van der Waals surface area contributed by atoms with E-state index in [1.807, 2.05) is 19.9 Å². The standard InChI is InChI=1S/C11H13BrN4O/c1-7(2)11(17)9-6-16(15-14-9)10-3-4-13-5-8(10)12/h3-7,11,17H,1-2H3. The molecule has 0 saturated carbocycles. The summed E-state index contributed by atoms with van der Waals surface area (Å²) in [6.07, 6.45) is 4.50. The van der Waals surface area contributed by atoms with Gasteiger partial charge >= 0.3 is 0 Å². The molecule has 0 aromatic carbocycles. The topological polar surface area (TPSA) is 63.8 Å². The van der Waals surface area contributed by atoms with Gasteiger partial charge in [-0.15, -0.1) is 5.10 Å². The summed E-state index contributed by atoms with van der Waals surface area (Å²) >= 11 is 3.39. The van der Waals surface area contributed by atoms with E-state index in [2.05, 4.69) is 31.2 Å². The maximum absolute atomic E-state index is 9.89. The molecule has 2 heterocycles. The van der Waals surface area contributed by atoms with Gasteiger partial charge in [0.1, 0.15) is 11.8 Å². The van der Waals surface area contributed by atoms with Crippen LogP contribution in [0.4, 0.5) is 0 Å². The Morgan fingerprint density at radius 2 is 2.18 bits per heavy atom. The zero-order valence-electron chi connectivity index (χ0n) is 9.58. The lowest BCUT2D eigenvalue weighted by atomic mass is 10.1. The van der Waals surface area contributed by atoms with Gasteiger partial charge in [0, 0.05) is 12.4 Å². The van der Waals surface area contributed by atoms with Crippen molar-refractivity contribution < 1.29 is 5.11 Å². The lowest BCUT2D eigenvalue weighted by Gasteiger charge is -2.09. The molecule has 1 atom stereocenters. The van der Waals surface area contributed by atoms with Crippen LogP contribution in [0.5, 0.6) is 0 Å². The van der Waals surface area contributed by atoms with Gasteiger partial charge in [-0.3, -0.25) is 4.98 Å². The van der Waals surface area contributed by atoms with Gasteiger partial charge in [-0.25, -0.2) is 4.68 Å². The highest BCUT2D eigenvalue weighted by molar-refractivity contribution is 9.10. The Morgan fingerprint density at radius 3 is 2.82 bits per heavy atom. The minimum absolute atomic E-state index is 0.112. The zero-order valence-corrected chi connectivity index (χ0v) is 11.2. The molecule has 0 fully saturated rings. The molecule has 90 valence electrons. The summed E-state index contributed by atoms with van der Waals surface area (Å²) in [4.78, 5) is 3.98. The molecular weight excluding hydrogens is 284 g/mol. The number of halogens is 1. The van der Waals surface area contributed by atoms with Crippen LogP contribution < -0.4 is 0 Å². The summed E-state index contributed by atoms with van der Waals surface area (Å²) < 4.78 is 2.45. The number of aliphatic hydroxyl groups is 1. The second kappa shape index (κ2) is 4.93. The number of hydrogen-bond acceptors (Lipinski definition) is 4. The fourth-order valence-electron chi connectivity index (χ4n) is 1.43. The van der Waals surface area contributed by atoms with Crippen molar-refractivity contribution in [2.24, 2.45) is 5.92 Å². The predicted molar refractivity (Wildman–Crippen MR) is 66.7 cm³/mol. The van der Waals surface area contributed by atoms with E-state index in [1.54, 1.807) is 23.3 Å². The third-order valence-electron chi connectivity index (χ3n) is 2.44. The number of rotatable bonds is 3. The van der Waals surface area contributed by atoms with Crippen molar-refractivity contribution in [3.8, 4) is 5.69 Å². The van der Waals surface area contributed by atoms with Crippen molar-refractivity contribution in [3.63, 3.8) is 0 Å². The molecule has 0 radical (unpaired) electrons. The van der Waals surface area contributed by atoms with Crippen molar-refractivity contribution in [2.75, 3.05) is 0 Å². The third-order valence-corrected chi connectivity index (χ3v) is 3.05. The van der Waals surface area contributed by atoms with Gasteiger partial charge in [0.2, 0.25) is 0 Å². The fraction of sp³-hybridized carbons (Fsp3) is 0.364. The smallest absolute Gasteiger partial charge is 0.112 e. The second-order valence-corrected chi connectivity index (χ2v) is 4.96. The van der Waals surface area contributed by atoms with E-state index < -0.39 is 6.10 Å². The van der Waals surface area contributed by atoms with E-state index in [1.165, 1.54) is 0 Å². The number of hydrogen-bond donors (Lipinski definition) is 1. The zero-order chi connectivity index (χ0) is 12.4. The lowest BCUT2D eigenvalue weighted by Crippen LogP contribution is -2.05. The largest absolute Gasteiger partial charge is 0.386 e. The van der Waals surface area contributed by atoms with Crippen molar-refractivity contribution in [1.29, 1.82) is 0 Å². The first kappa shape index (κ1) is 12.2. The molecule has 0 aliphatic carbocycles. The normalized spacial score (nSPS) is 13.0. The summed E-state index contributed by atoms with van der Waals surface area (Å²) in [6.45, 7) is 3.87. The minimum Gasteiger partial charge on any atom is -0.386 e. The van der Waals surface area contributed by atoms with Gasteiger partial charge in [-0.1, -0.05) is 19.1 Å². The van der Waals surface area contributed by atoms with Crippen molar-refractivity contribution in [3.05, 3.63) is 34.8 Å². The van der Waals surface area contributed by atoms with Gasteiger partial charge in [0.15, 0.2) is 0 Å². The molecule has 0 spiro atoms. The number of nitrogens with zero attached hydrogens (tertiary/aromatic N) is 4. The quantitative estimate of drug-likeness (QED) is 0.942. The van der Waals surface area contributed by atoms with E-state index in [-0.39, 0.29) is 5.92 Å². The summed E-state index contributed by atoms with van der Waals surface area (Å²) in [6, 6.07) is 1.82. The Morgan fingerprint density at radius 1 is 1.41 bits per heavy atom. The van der Waals surface area contributed by atoms with E-state index in [0.29, 0.717) is 5.69 Å². The van der Waals surface area contributed by atoms with Crippen LogP contribution in [-0.2, 0) is 0 Å². The van der Waals surface area contributed by atoms with Gasteiger partial charge in [0.25, 0.3) is 0 Å². The van der Waals surface area contributed by atoms with Gasteiger partial charge in [-0.05, 0) is 27.9 Å². The molecule has 1 N–H and O–H groups in total. The second-order valence-electron chi connectivity index (χ2n) is 4.10. The Bertz CT molecular complexity index is 512. The Hall–Kier alpha value is -1.27. The summed E-state index contributed by atoms with van der Waals surface area (Å²) in [5.74, 6) is 0.112. The average Bonchev–Trinajstić information content (AvgIpc) is 2.77. The van der Waals surface area contributed by atoms with E-state index >= 15 is 0 Å². The van der Waals surface area contributed by atoms with Crippen molar-refractivity contribution in [2.45, 2.75) is 20.0 Å². The molecule has 6 heteroatoms. The average molecular weight is 297 g/mol. The Balaban J connectivity index is 2.34. The third kappa shape index (κ3) is 2.53. The van der Waals surface area contributed by atoms with Gasteiger partial charge in [0.05, 0.1) is 16.4 Å². The SMILES string of the molecule is CC(C)C(O)c1cn(-c2ccncc2Br)nn1. The maximum atomic E-state index is 9.89. The first-order valence-electron chi connectivity index (χ1n) is 5.30. The number of aliphatic hydroxyl groups excluding tert-OH is 1. The van der Waals surface area contributed by atoms with Crippen molar-refractivity contribution in [1.82, 2.24) is 20.0 Å².